The average molecular weight is 346 g/mol. The molecule has 2 spiro atoms. The molecular weight excluding hydrogens is 320 g/mol. The highest BCUT2D eigenvalue weighted by Crippen LogP contribution is 2.77. The average Bonchev–Trinajstić information content (AvgIpc) is 2.71. The second-order valence-corrected chi connectivity index (χ2v) is 9.73. The van der Waals surface area contributed by atoms with Crippen LogP contribution < -0.4 is 0 Å². The molecule has 3 heterocycles. The smallest absolute Gasteiger partial charge is 0.170 e. The van der Waals surface area contributed by atoms with Gasteiger partial charge in [0.15, 0.2) is 12.1 Å². The molecule has 0 radical (unpaired) electrons. The Balaban J connectivity index is 1.61. The molecule has 25 heavy (non-hydrogen) atoms. The van der Waals surface area contributed by atoms with Crippen molar-refractivity contribution in [3.05, 3.63) is 12.2 Å². The number of fused-ring (bicyclic) bond motifs is 1. The quantitative estimate of drug-likeness (QED) is 0.649. The van der Waals surface area contributed by atoms with Crippen molar-refractivity contribution in [2.45, 2.75) is 63.6 Å². The zero-order chi connectivity index (χ0) is 17.4. The molecule has 4 aliphatic carbocycles. The molecule has 7 bridgehead atoms. The van der Waals surface area contributed by atoms with Crippen molar-refractivity contribution in [2.75, 3.05) is 6.61 Å². The molecule has 5 heteroatoms. The second kappa shape index (κ2) is 4.22. The lowest BCUT2D eigenvalue weighted by atomic mass is 9.36. The van der Waals surface area contributed by atoms with E-state index in [0.717, 1.165) is 32.1 Å². The van der Waals surface area contributed by atoms with Crippen LogP contribution in [-0.2, 0) is 14.3 Å². The van der Waals surface area contributed by atoms with Crippen LogP contribution in [0.5, 0.6) is 0 Å². The van der Waals surface area contributed by atoms with Gasteiger partial charge in [0.1, 0.15) is 0 Å². The Labute approximate surface area is 147 Å². The van der Waals surface area contributed by atoms with Gasteiger partial charge in [-0.25, -0.2) is 0 Å². The van der Waals surface area contributed by atoms with E-state index >= 15 is 0 Å². The van der Waals surface area contributed by atoms with Crippen LogP contribution in [0.2, 0.25) is 0 Å². The fourth-order valence-electron chi connectivity index (χ4n) is 8.25. The summed E-state index contributed by atoms with van der Waals surface area (Å²) in [6, 6.07) is 0. The van der Waals surface area contributed by atoms with E-state index in [4.69, 9.17) is 9.47 Å². The Morgan fingerprint density at radius 3 is 2.80 bits per heavy atom. The van der Waals surface area contributed by atoms with E-state index in [1.54, 1.807) is 0 Å². The van der Waals surface area contributed by atoms with Crippen molar-refractivity contribution >= 4 is 5.78 Å². The molecular formula is C20H26O5. The molecule has 136 valence electrons. The minimum Gasteiger partial charge on any atom is -0.392 e. The van der Waals surface area contributed by atoms with Gasteiger partial charge < -0.3 is 19.7 Å². The van der Waals surface area contributed by atoms with E-state index in [-0.39, 0.29) is 29.1 Å². The number of hydrogen-bond donors (Lipinski definition) is 2. The summed E-state index contributed by atoms with van der Waals surface area (Å²) in [5.74, 6) is 0.0718. The predicted octanol–water partition coefficient (Wildman–Crippen LogP) is 1.42. The molecule has 3 aliphatic heterocycles. The highest BCUT2D eigenvalue weighted by Gasteiger charge is 2.83. The summed E-state index contributed by atoms with van der Waals surface area (Å²) in [5.41, 5.74) is -0.874. The summed E-state index contributed by atoms with van der Waals surface area (Å²) < 4.78 is 12.5. The van der Waals surface area contributed by atoms with Crippen LogP contribution in [0.3, 0.4) is 0 Å². The third-order valence-electron chi connectivity index (χ3n) is 9.20. The zero-order valence-electron chi connectivity index (χ0n) is 14.6. The van der Waals surface area contributed by atoms with Crippen LogP contribution in [0.15, 0.2) is 12.2 Å². The Hall–Kier alpha value is -0.750. The molecule has 10 atom stereocenters. The van der Waals surface area contributed by atoms with Crippen molar-refractivity contribution in [2.24, 2.45) is 34.0 Å². The number of hydrogen-bond acceptors (Lipinski definition) is 5. The number of Topliss-reactive ketones (excluding diaryl/α,β-unsaturated/α-hetero) is 1. The summed E-state index contributed by atoms with van der Waals surface area (Å²) >= 11 is 0. The van der Waals surface area contributed by atoms with Crippen molar-refractivity contribution in [3.8, 4) is 0 Å². The Bertz CT molecular complexity index is 700. The maximum absolute atomic E-state index is 13.3. The minimum absolute atomic E-state index is 0.00572. The lowest BCUT2D eigenvalue weighted by Crippen LogP contribution is -2.81. The maximum Gasteiger partial charge on any atom is 0.170 e. The second-order valence-electron chi connectivity index (χ2n) is 9.73. The van der Waals surface area contributed by atoms with Crippen LogP contribution in [0.1, 0.15) is 39.0 Å². The van der Waals surface area contributed by atoms with Gasteiger partial charge >= 0.3 is 0 Å². The lowest BCUT2D eigenvalue weighted by molar-refractivity contribution is -0.440. The summed E-state index contributed by atoms with van der Waals surface area (Å²) in [4.78, 5) is 13.3. The molecule has 0 aromatic heterocycles. The molecule has 3 saturated heterocycles. The first-order valence-corrected chi connectivity index (χ1v) is 9.75. The number of ether oxygens (including phenoxy) is 2. The van der Waals surface area contributed by atoms with Gasteiger partial charge in [-0.05, 0) is 54.9 Å². The number of carbonyl (C=O) groups is 1. The number of aliphatic hydroxyl groups is 2. The molecule has 7 aliphatic rings. The summed E-state index contributed by atoms with van der Waals surface area (Å²) in [5, 5.41) is 22.4. The Morgan fingerprint density at radius 1 is 1.20 bits per heavy atom. The standard InChI is InChI=1S/C20H26O5/c1-9-10-3-4-11-19-12-7-14(20(11,15(9)22)16(10)23)25-17(19)24-8-18(12,2)6-5-13(19)21/h10-14,16-17,21,23H,1,3-8H2,2H3/t10?,11?,12-,13+,14+,16-,17?,18+,19?,20?/m1/s1. The normalized spacial score (nSPS) is 64.4. The number of rotatable bonds is 0. The van der Waals surface area contributed by atoms with Crippen molar-refractivity contribution in [1.29, 1.82) is 0 Å². The summed E-state index contributed by atoms with van der Waals surface area (Å²) in [6.45, 7) is 6.95. The first kappa shape index (κ1) is 15.3. The van der Waals surface area contributed by atoms with E-state index in [9.17, 15) is 15.0 Å². The van der Waals surface area contributed by atoms with E-state index < -0.39 is 29.3 Å². The number of aliphatic hydroxyl groups excluding tert-OH is 2. The van der Waals surface area contributed by atoms with E-state index in [1.165, 1.54) is 0 Å². The fourth-order valence-corrected chi connectivity index (χ4v) is 8.25. The van der Waals surface area contributed by atoms with Gasteiger partial charge in [-0.3, -0.25) is 4.79 Å². The zero-order valence-corrected chi connectivity index (χ0v) is 14.6. The molecule has 7 rings (SSSR count). The van der Waals surface area contributed by atoms with Gasteiger partial charge in [-0.1, -0.05) is 13.5 Å². The van der Waals surface area contributed by atoms with Gasteiger partial charge in [-0.2, -0.15) is 0 Å². The molecule has 0 amide bonds. The highest BCUT2D eigenvalue weighted by atomic mass is 16.7. The van der Waals surface area contributed by atoms with E-state index in [1.807, 2.05) is 0 Å². The van der Waals surface area contributed by atoms with Gasteiger partial charge in [0.25, 0.3) is 0 Å². The van der Waals surface area contributed by atoms with Crippen molar-refractivity contribution in [3.63, 3.8) is 0 Å². The first-order chi connectivity index (χ1) is 11.9. The largest absolute Gasteiger partial charge is 0.392 e. The van der Waals surface area contributed by atoms with Crippen molar-refractivity contribution in [1.82, 2.24) is 0 Å². The third kappa shape index (κ3) is 1.29. The molecule has 5 nitrogen and oxygen atoms in total. The highest BCUT2D eigenvalue weighted by molar-refractivity contribution is 6.04. The molecule has 2 N–H and O–H groups in total. The van der Waals surface area contributed by atoms with Crippen molar-refractivity contribution < 1.29 is 24.5 Å². The Kier molecular flexibility index (Phi) is 2.58. The molecule has 0 aromatic rings. The first-order valence-electron chi connectivity index (χ1n) is 9.75. The Morgan fingerprint density at radius 2 is 2.00 bits per heavy atom. The van der Waals surface area contributed by atoms with Crippen LogP contribution >= 0.6 is 0 Å². The SMILES string of the molecule is C=C1C(=O)C23C(CCC1[C@H]2O)C12C4OC[C@](C)(CC[C@@H]1O)[C@H]2C[C@@H]3O4. The van der Waals surface area contributed by atoms with Gasteiger partial charge in [0, 0.05) is 5.92 Å². The summed E-state index contributed by atoms with van der Waals surface area (Å²) in [7, 11) is 0. The third-order valence-corrected chi connectivity index (χ3v) is 9.20. The van der Waals surface area contributed by atoms with Crippen LogP contribution in [0.4, 0.5) is 0 Å². The number of ketones is 1. The topological polar surface area (TPSA) is 76.0 Å². The number of carbonyl (C=O) groups excluding carboxylic acids is 1. The van der Waals surface area contributed by atoms with Crippen LogP contribution in [0.25, 0.3) is 0 Å². The monoisotopic (exact) mass is 346 g/mol. The molecule has 5 unspecified atom stereocenters. The molecule has 7 fully saturated rings. The van der Waals surface area contributed by atoms with Gasteiger partial charge in [-0.15, -0.1) is 0 Å². The minimum atomic E-state index is -0.910. The fraction of sp³-hybridized carbons (Fsp3) is 0.850. The summed E-state index contributed by atoms with van der Waals surface area (Å²) in [6.07, 6.45) is 2.01. The van der Waals surface area contributed by atoms with Gasteiger partial charge in [0.05, 0.1) is 35.7 Å². The van der Waals surface area contributed by atoms with E-state index in [0.29, 0.717) is 18.1 Å². The maximum atomic E-state index is 13.3. The van der Waals surface area contributed by atoms with E-state index in [2.05, 4.69) is 13.5 Å². The molecule has 0 aromatic carbocycles. The van der Waals surface area contributed by atoms with Crippen LogP contribution in [-0.4, -0.2) is 47.2 Å². The lowest BCUT2D eigenvalue weighted by Gasteiger charge is -2.75. The van der Waals surface area contributed by atoms with Crippen LogP contribution in [0, 0.1) is 34.0 Å². The molecule has 4 saturated carbocycles. The predicted molar refractivity (Wildman–Crippen MR) is 87.3 cm³/mol. The van der Waals surface area contributed by atoms with Gasteiger partial charge in [0.2, 0.25) is 0 Å².